The number of carbonyl (C=O) groups is 1. The molecule has 0 aliphatic carbocycles. The van der Waals surface area contributed by atoms with E-state index in [2.05, 4.69) is 10.6 Å². The van der Waals surface area contributed by atoms with Gasteiger partial charge in [-0.1, -0.05) is 0 Å². The quantitative estimate of drug-likeness (QED) is 0.734. The molecule has 2 N–H and O–H groups in total. The molecule has 5 heteroatoms. The Hall–Kier alpha value is -0.650. The maximum absolute atomic E-state index is 11.7. The van der Waals surface area contributed by atoms with Gasteiger partial charge >= 0.3 is 0 Å². The van der Waals surface area contributed by atoms with Crippen LogP contribution in [0.25, 0.3) is 0 Å². The SMILES string of the molecule is CC1CNCC(COC2CCCCNC2=O)O1. The highest BCUT2D eigenvalue weighted by Gasteiger charge is 2.24. The lowest BCUT2D eigenvalue weighted by Gasteiger charge is -2.29. The van der Waals surface area contributed by atoms with Gasteiger partial charge in [-0.3, -0.25) is 4.79 Å². The average Bonchev–Trinajstić information content (AvgIpc) is 2.52. The van der Waals surface area contributed by atoms with E-state index >= 15 is 0 Å². The first-order valence-corrected chi connectivity index (χ1v) is 6.51. The number of nitrogens with one attached hydrogen (secondary N) is 2. The van der Waals surface area contributed by atoms with Gasteiger partial charge in [0, 0.05) is 19.6 Å². The smallest absolute Gasteiger partial charge is 0.249 e. The van der Waals surface area contributed by atoms with E-state index in [1.807, 2.05) is 6.92 Å². The van der Waals surface area contributed by atoms with Crippen LogP contribution >= 0.6 is 0 Å². The predicted molar refractivity (Wildman–Crippen MR) is 63.8 cm³/mol. The Morgan fingerprint density at radius 1 is 1.41 bits per heavy atom. The monoisotopic (exact) mass is 242 g/mol. The minimum atomic E-state index is -0.293. The summed E-state index contributed by atoms with van der Waals surface area (Å²) < 4.78 is 11.4. The van der Waals surface area contributed by atoms with Crippen LogP contribution in [0.3, 0.4) is 0 Å². The van der Waals surface area contributed by atoms with Gasteiger partial charge in [0.15, 0.2) is 0 Å². The molecule has 2 aliphatic heterocycles. The molecule has 2 saturated heterocycles. The van der Waals surface area contributed by atoms with Gasteiger partial charge in [-0.2, -0.15) is 0 Å². The second kappa shape index (κ2) is 6.33. The van der Waals surface area contributed by atoms with Crippen LogP contribution in [0.15, 0.2) is 0 Å². The Balaban J connectivity index is 1.74. The summed E-state index contributed by atoms with van der Waals surface area (Å²) in [5.41, 5.74) is 0. The molecule has 1 amide bonds. The fraction of sp³-hybridized carbons (Fsp3) is 0.917. The summed E-state index contributed by atoms with van der Waals surface area (Å²) in [5.74, 6) is 0.0271. The Bertz CT molecular complexity index is 260. The van der Waals surface area contributed by atoms with Gasteiger partial charge in [0.25, 0.3) is 0 Å². The maximum atomic E-state index is 11.7. The van der Waals surface area contributed by atoms with Crippen LogP contribution in [0.5, 0.6) is 0 Å². The molecule has 3 unspecified atom stereocenters. The Labute approximate surface area is 102 Å². The van der Waals surface area contributed by atoms with Crippen molar-refractivity contribution in [2.75, 3.05) is 26.2 Å². The maximum Gasteiger partial charge on any atom is 0.249 e. The van der Waals surface area contributed by atoms with Gasteiger partial charge in [0.1, 0.15) is 6.10 Å². The fourth-order valence-electron chi connectivity index (χ4n) is 2.26. The van der Waals surface area contributed by atoms with Crippen molar-refractivity contribution in [3.8, 4) is 0 Å². The molecule has 2 rings (SSSR count). The van der Waals surface area contributed by atoms with E-state index in [-0.39, 0.29) is 24.2 Å². The number of morpholine rings is 1. The van der Waals surface area contributed by atoms with Crippen LogP contribution in [0.1, 0.15) is 26.2 Å². The minimum Gasteiger partial charge on any atom is -0.370 e. The Morgan fingerprint density at radius 3 is 3.12 bits per heavy atom. The van der Waals surface area contributed by atoms with Crippen molar-refractivity contribution >= 4 is 5.91 Å². The van der Waals surface area contributed by atoms with E-state index in [1.54, 1.807) is 0 Å². The van der Waals surface area contributed by atoms with Gasteiger partial charge < -0.3 is 20.1 Å². The largest absolute Gasteiger partial charge is 0.370 e. The first kappa shape index (κ1) is 12.8. The highest BCUT2D eigenvalue weighted by molar-refractivity contribution is 5.80. The number of hydrogen-bond donors (Lipinski definition) is 2. The number of carbonyl (C=O) groups excluding carboxylic acids is 1. The third kappa shape index (κ3) is 3.94. The van der Waals surface area contributed by atoms with E-state index in [4.69, 9.17) is 9.47 Å². The number of ether oxygens (including phenoxy) is 2. The first-order chi connectivity index (χ1) is 8.25. The molecule has 98 valence electrons. The van der Waals surface area contributed by atoms with Crippen LogP contribution in [-0.4, -0.2) is 50.5 Å². The summed E-state index contributed by atoms with van der Waals surface area (Å²) in [4.78, 5) is 11.7. The van der Waals surface area contributed by atoms with Crippen LogP contribution in [0, 0.1) is 0 Å². The topological polar surface area (TPSA) is 59.6 Å². The predicted octanol–water partition coefficient (Wildman–Crippen LogP) is 0.0486. The summed E-state index contributed by atoms with van der Waals surface area (Å²) in [6.45, 7) is 5.00. The number of hydrogen-bond acceptors (Lipinski definition) is 4. The van der Waals surface area contributed by atoms with E-state index in [9.17, 15) is 4.79 Å². The van der Waals surface area contributed by atoms with Crippen LogP contribution in [0.2, 0.25) is 0 Å². The summed E-state index contributed by atoms with van der Waals surface area (Å²) in [6.07, 6.45) is 2.91. The minimum absolute atomic E-state index is 0.0271. The molecule has 0 saturated carbocycles. The molecule has 0 spiro atoms. The molecule has 17 heavy (non-hydrogen) atoms. The van der Waals surface area contributed by atoms with E-state index in [0.29, 0.717) is 6.61 Å². The van der Waals surface area contributed by atoms with Crippen LogP contribution in [-0.2, 0) is 14.3 Å². The van der Waals surface area contributed by atoms with Crippen molar-refractivity contribution in [3.63, 3.8) is 0 Å². The third-order valence-electron chi connectivity index (χ3n) is 3.20. The fourth-order valence-corrected chi connectivity index (χ4v) is 2.26. The lowest BCUT2D eigenvalue weighted by molar-refractivity contribution is -0.138. The second-order valence-corrected chi connectivity index (χ2v) is 4.84. The molecule has 0 radical (unpaired) electrons. The molecule has 0 bridgehead atoms. The standard InChI is InChI=1S/C12H22N2O3/c1-9-6-13-7-10(17-9)8-16-11-4-2-3-5-14-12(11)15/h9-11,13H,2-8H2,1H3,(H,14,15). The van der Waals surface area contributed by atoms with Crippen molar-refractivity contribution in [1.29, 1.82) is 0 Å². The summed E-state index contributed by atoms with van der Waals surface area (Å²) in [6, 6.07) is 0. The van der Waals surface area contributed by atoms with E-state index in [1.165, 1.54) is 0 Å². The molecule has 0 aromatic carbocycles. The van der Waals surface area contributed by atoms with Gasteiger partial charge in [0.05, 0.1) is 18.8 Å². The molecule has 2 aliphatic rings. The van der Waals surface area contributed by atoms with Gasteiger partial charge in [-0.15, -0.1) is 0 Å². The zero-order valence-electron chi connectivity index (χ0n) is 10.4. The number of rotatable bonds is 3. The molecule has 2 fully saturated rings. The highest BCUT2D eigenvalue weighted by atomic mass is 16.5. The summed E-state index contributed by atoms with van der Waals surface area (Å²) >= 11 is 0. The first-order valence-electron chi connectivity index (χ1n) is 6.51. The summed E-state index contributed by atoms with van der Waals surface area (Å²) in [7, 11) is 0. The zero-order chi connectivity index (χ0) is 12.1. The molecule has 0 aromatic rings. The second-order valence-electron chi connectivity index (χ2n) is 4.84. The molecular weight excluding hydrogens is 220 g/mol. The van der Waals surface area contributed by atoms with Crippen molar-refractivity contribution in [2.45, 2.75) is 44.5 Å². The molecule has 3 atom stereocenters. The Morgan fingerprint density at radius 2 is 2.29 bits per heavy atom. The van der Waals surface area contributed by atoms with Crippen molar-refractivity contribution in [1.82, 2.24) is 10.6 Å². The molecule has 5 nitrogen and oxygen atoms in total. The molecule has 0 aromatic heterocycles. The van der Waals surface area contributed by atoms with Crippen LogP contribution < -0.4 is 10.6 Å². The van der Waals surface area contributed by atoms with Gasteiger partial charge in [-0.05, 0) is 26.2 Å². The highest BCUT2D eigenvalue weighted by Crippen LogP contribution is 2.11. The lowest BCUT2D eigenvalue weighted by Crippen LogP contribution is -2.46. The van der Waals surface area contributed by atoms with E-state index in [0.717, 1.165) is 38.9 Å². The molecular formula is C12H22N2O3. The van der Waals surface area contributed by atoms with Crippen molar-refractivity contribution in [3.05, 3.63) is 0 Å². The zero-order valence-corrected chi connectivity index (χ0v) is 10.4. The molecule has 2 heterocycles. The normalized spacial score (nSPS) is 35.1. The third-order valence-corrected chi connectivity index (χ3v) is 3.20. The van der Waals surface area contributed by atoms with E-state index < -0.39 is 0 Å². The summed E-state index contributed by atoms with van der Waals surface area (Å²) in [5, 5.41) is 6.16. The van der Waals surface area contributed by atoms with Gasteiger partial charge in [0.2, 0.25) is 5.91 Å². The lowest BCUT2D eigenvalue weighted by atomic mass is 10.2. The number of amides is 1. The van der Waals surface area contributed by atoms with Crippen molar-refractivity contribution < 1.29 is 14.3 Å². The van der Waals surface area contributed by atoms with Crippen molar-refractivity contribution in [2.24, 2.45) is 0 Å². The Kier molecular flexibility index (Phi) is 4.76. The van der Waals surface area contributed by atoms with Crippen LogP contribution in [0.4, 0.5) is 0 Å². The average molecular weight is 242 g/mol. The van der Waals surface area contributed by atoms with Gasteiger partial charge in [-0.25, -0.2) is 0 Å².